The van der Waals surface area contributed by atoms with Gasteiger partial charge in [0, 0.05) is 6.54 Å². The summed E-state index contributed by atoms with van der Waals surface area (Å²) in [5.74, 6) is 0. The number of hydrogen-bond acceptors (Lipinski definition) is 2. The zero-order valence-corrected chi connectivity index (χ0v) is 6.68. The van der Waals surface area contributed by atoms with E-state index in [1.54, 1.807) is 0 Å². The third-order valence-electron chi connectivity index (χ3n) is 1.76. The van der Waals surface area contributed by atoms with Gasteiger partial charge in [0.15, 0.2) is 0 Å². The van der Waals surface area contributed by atoms with E-state index in [4.69, 9.17) is 4.74 Å². The molecule has 2 heteroatoms. The molecule has 2 nitrogen and oxygen atoms in total. The minimum Gasteiger partial charge on any atom is -0.355 e. The molecular weight excluding hydrogens is 126 g/mol. The summed E-state index contributed by atoms with van der Waals surface area (Å²) in [4.78, 5) is 0. The fraction of sp³-hybridized carbons (Fsp3) is 0.750. The van der Waals surface area contributed by atoms with E-state index in [1.807, 2.05) is 6.92 Å². The van der Waals surface area contributed by atoms with Crippen molar-refractivity contribution in [2.45, 2.75) is 32.6 Å². The van der Waals surface area contributed by atoms with Gasteiger partial charge in [-0.1, -0.05) is 13.5 Å². The lowest BCUT2D eigenvalue weighted by molar-refractivity contribution is 0.0615. The van der Waals surface area contributed by atoms with Gasteiger partial charge in [-0.05, 0) is 18.9 Å². The average Bonchev–Trinajstić information content (AvgIpc) is 2.34. The zero-order valence-electron chi connectivity index (χ0n) is 6.68. The molecule has 1 rings (SSSR count). The molecule has 0 aromatic carbocycles. The Bertz CT molecular complexity index is 133. The fourth-order valence-electron chi connectivity index (χ4n) is 1.06. The van der Waals surface area contributed by atoms with Crippen LogP contribution in [0.15, 0.2) is 12.2 Å². The second-order valence-electron chi connectivity index (χ2n) is 2.80. The Morgan fingerprint density at radius 1 is 1.80 bits per heavy atom. The maximum absolute atomic E-state index is 5.56. The molecule has 58 valence electrons. The van der Waals surface area contributed by atoms with Crippen LogP contribution in [0.25, 0.3) is 0 Å². The summed E-state index contributed by atoms with van der Waals surface area (Å²) in [5, 5.41) is 3.24. The van der Waals surface area contributed by atoms with Gasteiger partial charge >= 0.3 is 0 Å². The van der Waals surface area contributed by atoms with E-state index in [0.717, 1.165) is 18.5 Å². The molecule has 1 aliphatic heterocycles. The van der Waals surface area contributed by atoms with Crippen LogP contribution in [0.5, 0.6) is 0 Å². The van der Waals surface area contributed by atoms with E-state index in [1.165, 1.54) is 0 Å². The quantitative estimate of drug-likeness (QED) is 0.585. The summed E-state index contributed by atoms with van der Waals surface area (Å²) >= 11 is 0. The van der Waals surface area contributed by atoms with Gasteiger partial charge in [0.05, 0.1) is 6.10 Å². The van der Waals surface area contributed by atoms with Crippen molar-refractivity contribution in [1.82, 2.24) is 5.32 Å². The van der Waals surface area contributed by atoms with Crippen molar-refractivity contribution in [1.29, 1.82) is 0 Å². The summed E-state index contributed by atoms with van der Waals surface area (Å²) in [7, 11) is 0. The van der Waals surface area contributed by atoms with Crippen molar-refractivity contribution in [3.8, 4) is 0 Å². The molecule has 1 heterocycles. The van der Waals surface area contributed by atoms with Crippen molar-refractivity contribution in [3.63, 3.8) is 0 Å². The topological polar surface area (TPSA) is 21.3 Å². The van der Waals surface area contributed by atoms with Gasteiger partial charge in [-0.2, -0.15) is 0 Å². The Hall–Kier alpha value is -0.340. The molecule has 0 radical (unpaired) electrons. The monoisotopic (exact) mass is 141 g/mol. The minimum absolute atomic E-state index is 0.102. The first-order valence-corrected chi connectivity index (χ1v) is 3.78. The maximum Gasteiger partial charge on any atom is 0.130 e. The van der Waals surface area contributed by atoms with Crippen LogP contribution in [-0.2, 0) is 4.74 Å². The highest BCUT2D eigenvalue weighted by atomic mass is 16.5. The van der Waals surface area contributed by atoms with Crippen LogP contribution < -0.4 is 5.32 Å². The molecule has 1 saturated heterocycles. The molecule has 0 aromatic heterocycles. The molecular formula is C8H15NO. The number of hydrogen-bond donors (Lipinski definition) is 1. The molecule has 0 amide bonds. The summed E-state index contributed by atoms with van der Waals surface area (Å²) < 4.78 is 5.56. The second-order valence-corrected chi connectivity index (χ2v) is 2.80. The highest BCUT2D eigenvalue weighted by Crippen LogP contribution is 2.12. The minimum atomic E-state index is 0.102. The Morgan fingerprint density at radius 2 is 2.50 bits per heavy atom. The van der Waals surface area contributed by atoms with E-state index in [9.17, 15) is 0 Å². The molecule has 0 spiro atoms. The number of nitrogens with one attached hydrogen (secondary N) is 1. The molecule has 0 aliphatic carbocycles. The van der Waals surface area contributed by atoms with Crippen LogP contribution >= 0.6 is 0 Å². The fourth-order valence-corrected chi connectivity index (χ4v) is 1.06. The number of ether oxygens (including phenoxy) is 1. The van der Waals surface area contributed by atoms with Crippen molar-refractivity contribution >= 4 is 0 Å². The Morgan fingerprint density at radius 3 is 2.80 bits per heavy atom. The Balaban J connectivity index is 2.35. The Labute approximate surface area is 62.3 Å². The number of rotatable bonds is 2. The van der Waals surface area contributed by atoms with Crippen LogP contribution in [0.3, 0.4) is 0 Å². The van der Waals surface area contributed by atoms with E-state index in [-0.39, 0.29) is 6.23 Å². The van der Waals surface area contributed by atoms with Gasteiger partial charge in [-0.25, -0.2) is 0 Å². The first kappa shape index (κ1) is 7.76. The molecule has 0 aromatic rings. The van der Waals surface area contributed by atoms with Gasteiger partial charge in [-0.15, -0.1) is 0 Å². The molecule has 2 atom stereocenters. The molecule has 1 N–H and O–H groups in total. The molecule has 1 aliphatic rings. The van der Waals surface area contributed by atoms with Crippen molar-refractivity contribution in [2.24, 2.45) is 0 Å². The largest absolute Gasteiger partial charge is 0.355 e. The summed E-state index contributed by atoms with van der Waals surface area (Å²) in [6.45, 7) is 8.90. The normalized spacial score (nSPS) is 32.6. The second kappa shape index (κ2) is 3.17. The molecule has 2 unspecified atom stereocenters. The van der Waals surface area contributed by atoms with Crippen LogP contribution in [0.2, 0.25) is 0 Å². The Kier molecular flexibility index (Phi) is 2.46. The lowest BCUT2D eigenvalue weighted by Crippen LogP contribution is -2.22. The highest BCUT2D eigenvalue weighted by Gasteiger charge is 2.22. The predicted octanol–water partition coefficient (Wildman–Crippen LogP) is 1.29. The van der Waals surface area contributed by atoms with Gasteiger partial charge in [0.2, 0.25) is 0 Å². The van der Waals surface area contributed by atoms with Gasteiger partial charge < -0.3 is 4.74 Å². The summed E-state index contributed by atoms with van der Waals surface area (Å²) in [5.41, 5.74) is 1.07. The van der Waals surface area contributed by atoms with Crippen LogP contribution in [0.1, 0.15) is 20.3 Å². The van der Waals surface area contributed by atoms with E-state index in [0.29, 0.717) is 6.10 Å². The average molecular weight is 141 g/mol. The van der Waals surface area contributed by atoms with Crippen molar-refractivity contribution < 1.29 is 4.74 Å². The van der Waals surface area contributed by atoms with Gasteiger partial charge in [-0.3, -0.25) is 5.32 Å². The maximum atomic E-state index is 5.56. The van der Waals surface area contributed by atoms with Crippen LogP contribution in [-0.4, -0.2) is 18.9 Å². The molecule has 10 heavy (non-hydrogen) atoms. The standard InChI is InChI=1S/C8H15NO/c1-4-7-5-9-8(10-7)6(2)3/h7-9H,2,4-5H2,1,3H3. The SMILES string of the molecule is C=C(C)C1NCC(CC)O1. The van der Waals surface area contributed by atoms with E-state index >= 15 is 0 Å². The van der Waals surface area contributed by atoms with E-state index < -0.39 is 0 Å². The predicted molar refractivity (Wildman–Crippen MR) is 41.8 cm³/mol. The highest BCUT2D eigenvalue weighted by molar-refractivity contribution is 4.99. The third-order valence-corrected chi connectivity index (χ3v) is 1.76. The van der Waals surface area contributed by atoms with Gasteiger partial charge in [0.25, 0.3) is 0 Å². The molecule has 0 saturated carbocycles. The summed E-state index contributed by atoms with van der Waals surface area (Å²) in [6.07, 6.45) is 1.57. The smallest absolute Gasteiger partial charge is 0.130 e. The first-order chi connectivity index (χ1) is 4.74. The van der Waals surface area contributed by atoms with Crippen LogP contribution in [0.4, 0.5) is 0 Å². The van der Waals surface area contributed by atoms with Gasteiger partial charge in [0.1, 0.15) is 6.23 Å². The molecule has 0 bridgehead atoms. The van der Waals surface area contributed by atoms with Crippen LogP contribution in [0, 0.1) is 0 Å². The lowest BCUT2D eigenvalue weighted by Gasteiger charge is -2.10. The lowest BCUT2D eigenvalue weighted by atomic mass is 10.3. The first-order valence-electron chi connectivity index (χ1n) is 3.78. The third kappa shape index (κ3) is 1.58. The zero-order chi connectivity index (χ0) is 7.56. The van der Waals surface area contributed by atoms with E-state index in [2.05, 4.69) is 18.8 Å². The van der Waals surface area contributed by atoms with Crippen molar-refractivity contribution in [2.75, 3.05) is 6.54 Å². The van der Waals surface area contributed by atoms with Crippen molar-refractivity contribution in [3.05, 3.63) is 12.2 Å². The molecule has 1 fully saturated rings. The summed E-state index contributed by atoms with van der Waals surface area (Å²) in [6, 6.07) is 0.